The van der Waals surface area contributed by atoms with E-state index in [1.54, 1.807) is 0 Å². The predicted molar refractivity (Wildman–Crippen MR) is 80.6 cm³/mol. The molecule has 20 heavy (non-hydrogen) atoms. The van der Waals surface area contributed by atoms with Gasteiger partial charge in [0, 0.05) is 61.6 Å². The number of hydrogen-bond acceptors (Lipinski definition) is 3. The second kappa shape index (κ2) is 7.80. The zero-order valence-corrected chi connectivity index (χ0v) is 11.5. The van der Waals surface area contributed by atoms with Gasteiger partial charge in [0.05, 0.1) is 13.2 Å². The fourth-order valence-corrected chi connectivity index (χ4v) is 1.67. The molecular formula is C17H16N2O. The topological polar surface area (TPSA) is 15.7 Å². The average Bonchev–Trinajstić information content (AvgIpc) is 2.52. The maximum absolute atomic E-state index is 5.24. The first-order valence-corrected chi connectivity index (χ1v) is 6.49. The van der Waals surface area contributed by atoms with Gasteiger partial charge in [-0.25, -0.2) is 0 Å². The summed E-state index contributed by atoms with van der Waals surface area (Å²) in [4.78, 5) is 3.85. The Morgan fingerprint density at radius 1 is 1.00 bits per heavy atom. The molecule has 0 aliphatic carbocycles. The van der Waals surface area contributed by atoms with Crippen molar-refractivity contribution < 1.29 is 4.74 Å². The first-order valence-electron chi connectivity index (χ1n) is 6.49. The van der Waals surface area contributed by atoms with Crippen molar-refractivity contribution >= 4 is 5.69 Å². The molecule has 1 aromatic rings. The Balaban J connectivity index is 1.85. The molecule has 0 saturated carbocycles. The molecule has 0 radical (unpaired) electrons. The maximum atomic E-state index is 5.24. The van der Waals surface area contributed by atoms with E-state index in [0.29, 0.717) is 0 Å². The molecule has 1 heterocycles. The molecular weight excluding hydrogens is 248 g/mol. The van der Waals surface area contributed by atoms with Crippen LogP contribution in [0.1, 0.15) is 0 Å². The number of ether oxygens (including phenoxy) is 1. The zero-order chi connectivity index (χ0) is 14.0. The maximum Gasteiger partial charge on any atom is 0.0649 e. The van der Waals surface area contributed by atoms with Crippen molar-refractivity contribution in [1.29, 1.82) is 0 Å². The molecule has 0 spiro atoms. The van der Waals surface area contributed by atoms with E-state index in [0.717, 1.165) is 32.0 Å². The minimum Gasteiger partial charge on any atom is -0.378 e. The van der Waals surface area contributed by atoms with Crippen molar-refractivity contribution in [2.24, 2.45) is 0 Å². The second-order valence-electron chi connectivity index (χ2n) is 4.22. The van der Waals surface area contributed by atoms with E-state index < -0.39 is 0 Å². The van der Waals surface area contributed by atoms with Gasteiger partial charge in [-0.3, -0.25) is 0 Å². The fourth-order valence-electron chi connectivity index (χ4n) is 1.67. The molecule has 0 atom stereocenters. The molecule has 0 aromatic heterocycles. The third kappa shape index (κ3) is 4.62. The molecule has 0 bridgehead atoms. The lowest BCUT2D eigenvalue weighted by molar-refractivity contribution is 0.0638. The predicted octanol–water partition coefficient (Wildman–Crippen LogP) is 1.38. The molecule has 1 saturated heterocycles. The minimum atomic E-state index is 0.740. The van der Waals surface area contributed by atoms with E-state index in [-0.39, 0.29) is 0 Å². The van der Waals surface area contributed by atoms with Crippen LogP contribution in [-0.2, 0) is 4.74 Å². The first kappa shape index (κ1) is 13.9. The molecule has 100 valence electrons. The third-order valence-electron chi connectivity index (χ3n) is 2.78. The number of morpholine rings is 1. The number of anilines is 1. The summed E-state index contributed by atoms with van der Waals surface area (Å²) in [6.07, 6.45) is 0. The normalized spacial score (nSPS) is 12.9. The molecule has 0 N–H and O–H groups in total. The first-order chi connectivity index (χ1) is 9.86. The van der Waals surface area contributed by atoms with E-state index in [4.69, 9.17) is 4.74 Å². The van der Waals surface area contributed by atoms with Crippen LogP contribution < -0.4 is 4.90 Å². The van der Waals surface area contributed by atoms with E-state index in [1.165, 1.54) is 0 Å². The summed E-state index contributed by atoms with van der Waals surface area (Å²) in [5, 5.41) is 0. The van der Waals surface area contributed by atoms with Crippen molar-refractivity contribution in [3.63, 3.8) is 0 Å². The summed E-state index contributed by atoms with van der Waals surface area (Å²) in [5.41, 5.74) is 1.04. The third-order valence-corrected chi connectivity index (χ3v) is 2.78. The Labute approximate surface area is 120 Å². The Morgan fingerprint density at radius 2 is 1.70 bits per heavy atom. The van der Waals surface area contributed by atoms with E-state index >= 15 is 0 Å². The van der Waals surface area contributed by atoms with Gasteiger partial charge in [0.2, 0.25) is 0 Å². The SMILES string of the molecule is CN(C#CC#CC#CN1CCOCC1)c1ccccc1. The largest absolute Gasteiger partial charge is 0.378 e. The summed E-state index contributed by atoms with van der Waals surface area (Å²) in [7, 11) is 1.91. The van der Waals surface area contributed by atoms with Crippen LogP contribution in [0.3, 0.4) is 0 Å². The van der Waals surface area contributed by atoms with Gasteiger partial charge in [0.15, 0.2) is 0 Å². The van der Waals surface area contributed by atoms with E-state index in [2.05, 4.69) is 35.8 Å². The highest BCUT2D eigenvalue weighted by Gasteiger charge is 2.04. The number of para-hydroxylation sites is 1. The number of hydrogen-bond donors (Lipinski definition) is 0. The van der Waals surface area contributed by atoms with Gasteiger partial charge in [-0.05, 0) is 12.1 Å². The van der Waals surface area contributed by atoms with Crippen molar-refractivity contribution in [3.05, 3.63) is 30.3 Å². The average molecular weight is 264 g/mol. The molecule has 1 aliphatic rings. The number of nitrogens with zero attached hydrogens (tertiary/aromatic N) is 2. The van der Waals surface area contributed by atoms with Crippen LogP contribution in [-0.4, -0.2) is 38.3 Å². The quantitative estimate of drug-likeness (QED) is 0.563. The lowest BCUT2D eigenvalue weighted by Gasteiger charge is -2.22. The molecule has 0 unspecified atom stereocenters. The molecule has 2 rings (SSSR count). The van der Waals surface area contributed by atoms with Crippen molar-refractivity contribution in [2.45, 2.75) is 0 Å². The number of benzene rings is 1. The van der Waals surface area contributed by atoms with Crippen molar-refractivity contribution in [3.8, 4) is 35.8 Å². The lowest BCUT2D eigenvalue weighted by Crippen LogP contribution is -2.32. The standard InChI is InChI=1S/C17H16N2O/c1-18(17-9-5-4-6-10-17)11-7-2-3-8-12-19-13-15-20-16-14-19/h4-6,9-10H,13-16H2,1H3. The summed E-state index contributed by atoms with van der Waals surface area (Å²) in [6, 6.07) is 15.9. The van der Waals surface area contributed by atoms with Gasteiger partial charge in [0.1, 0.15) is 0 Å². The van der Waals surface area contributed by atoms with Gasteiger partial charge in [0.25, 0.3) is 0 Å². The summed E-state index contributed by atoms with van der Waals surface area (Å²) < 4.78 is 5.24. The Morgan fingerprint density at radius 3 is 2.45 bits per heavy atom. The molecule has 1 fully saturated rings. The van der Waals surface area contributed by atoms with Crippen LogP contribution in [0.4, 0.5) is 5.69 Å². The fraction of sp³-hybridized carbons (Fsp3) is 0.294. The van der Waals surface area contributed by atoms with Crippen LogP contribution in [0.2, 0.25) is 0 Å². The van der Waals surface area contributed by atoms with Gasteiger partial charge in [-0.15, -0.1) is 0 Å². The molecule has 3 heteroatoms. The highest BCUT2D eigenvalue weighted by Crippen LogP contribution is 2.08. The summed E-state index contributed by atoms with van der Waals surface area (Å²) >= 11 is 0. The monoisotopic (exact) mass is 264 g/mol. The van der Waals surface area contributed by atoms with Crippen molar-refractivity contribution in [2.75, 3.05) is 38.3 Å². The van der Waals surface area contributed by atoms with Gasteiger partial charge >= 0.3 is 0 Å². The lowest BCUT2D eigenvalue weighted by atomic mass is 10.3. The van der Waals surface area contributed by atoms with Crippen LogP contribution in [0.15, 0.2) is 30.3 Å². The molecule has 1 aromatic carbocycles. The number of rotatable bonds is 1. The zero-order valence-electron chi connectivity index (χ0n) is 11.5. The van der Waals surface area contributed by atoms with Crippen LogP contribution >= 0.6 is 0 Å². The van der Waals surface area contributed by atoms with Gasteiger partial charge in [-0.2, -0.15) is 0 Å². The molecule has 3 nitrogen and oxygen atoms in total. The second-order valence-corrected chi connectivity index (χ2v) is 4.22. The summed E-state index contributed by atoms with van der Waals surface area (Å²) in [6.45, 7) is 3.17. The Bertz CT molecular complexity index is 599. The van der Waals surface area contributed by atoms with Crippen molar-refractivity contribution in [1.82, 2.24) is 4.90 Å². The van der Waals surface area contributed by atoms with Gasteiger partial charge < -0.3 is 14.5 Å². The van der Waals surface area contributed by atoms with Gasteiger partial charge in [-0.1, -0.05) is 18.2 Å². The molecule has 1 aliphatic heterocycles. The van der Waals surface area contributed by atoms with Crippen LogP contribution in [0.25, 0.3) is 0 Å². The Hall–Kier alpha value is -2.54. The highest BCUT2D eigenvalue weighted by molar-refractivity contribution is 5.51. The Kier molecular flexibility index (Phi) is 5.41. The van der Waals surface area contributed by atoms with Crippen LogP contribution in [0.5, 0.6) is 0 Å². The van der Waals surface area contributed by atoms with Crippen LogP contribution in [0, 0.1) is 35.8 Å². The highest BCUT2D eigenvalue weighted by atomic mass is 16.5. The minimum absolute atomic E-state index is 0.740. The van der Waals surface area contributed by atoms with E-state index in [1.807, 2.05) is 47.2 Å². The van der Waals surface area contributed by atoms with E-state index in [9.17, 15) is 0 Å². The molecule has 0 amide bonds. The smallest absolute Gasteiger partial charge is 0.0649 e. The summed E-state index contributed by atoms with van der Waals surface area (Å²) in [5.74, 6) is 11.1.